The normalized spacial score (nSPS) is 17.2. The Bertz CT molecular complexity index is 454. The number of benzene rings is 1. The lowest BCUT2D eigenvalue weighted by Gasteiger charge is -2.16. The second kappa shape index (κ2) is 3.35. The molecular weight excluding hydrogens is 235 g/mol. The van der Waals surface area contributed by atoms with Gasteiger partial charge < -0.3 is 10.2 Å². The monoisotopic (exact) mass is 244 g/mol. The van der Waals surface area contributed by atoms with E-state index in [1.807, 2.05) is 0 Å². The number of carbonyl (C=O) groups is 1. The molecule has 0 heterocycles. The third-order valence-electron chi connectivity index (χ3n) is 3.09. The number of hydrogen-bond acceptors (Lipinski definition) is 2. The molecule has 86 valence electrons. The van der Waals surface area contributed by atoms with Crippen LogP contribution in [0.15, 0.2) is 6.07 Å². The van der Waals surface area contributed by atoms with Crippen molar-refractivity contribution in [1.29, 1.82) is 0 Å². The van der Waals surface area contributed by atoms with Gasteiger partial charge in [-0.25, -0.2) is 4.39 Å². The van der Waals surface area contributed by atoms with Crippen molar-refractivity contribution in [2.45, 2.75) is 25.2 Å². The van der Waals surface area contributed by atoms with Crippen LogP contribution in [0.3, 0.4) is 0 Å². The van der Waals surface area contributed by atoms with Crippen LogP contribution in [0.5, 0.6) is 5.75 Å². The quantitative estimate of drug-likeness (QED) is 0.841. The molecule has 0 atom stereocenters. The molecule has 3 nitrogen and oxygen atoms in total. The summed E-state index contributed by atoms with van der Waals surface area (Å²) in [5, 5.41) is 18.9. The molecule has 0 aromatic heterocycles. The van der Waals surface area contributed by atoms with E-state index >= 15 is 0 Å². The number of halogens is 2. The highest BCUT2D eigenvalue weighted by molar-refractivity contribution is 6.31. The molecule has 0 bridgehead atoms. The van der Waals surface area contributed by atoms with Gasteiger partial charge in [-0.3, -0.25) is 4.79 Å². The van der Waals surface area contributed by atoms with Crippen molar-refractivity contribution in [3.8, 4) is 5.75 Å². The van der Waals surface area contributed by atoms with Gasteiger partial charge in [0.05, 0.1) is 5.41 Å². The fraction of sp³-hybridized carbons (Fsp3) is 0.364. The maximum atomic E-state index is 13.3. The molecule has 0 saturated heterocycles. The molecule has 0 spiro atoms. The van der Waals surface area contributed by atoms with Crippen LogP contribution in [0.2, 0.25) is 5.02 Å². The first-order chi connectivity index (χ1) is 7.40. The molecule has 1 fully saturated rings. The second-order valence-corrected chi connectivity index (χ2v) is 4.48. The summed E-state index contributed by atoms with van der Waals surface area (Å²) in [6, 6.07) is 0.994. The van der Waals surface area contributed by atoms with E-state index in [-0.39, 0.29) is 10.6 Å². The summed E-state index contributed by atoms with van der Waals surface area (Å²) < 4.78 is 13.3. The van der Waals surface area contributed by atoms with E-state index in [9.17, 15) is 14.3 Å². The Balaban J connectivity index is 2.70. The molecule has 16 heavy (non-hydrogen) atoms. The zero-order valence-corrected chi connectivity index (χ0v) is 9.31. The molecule has 5 heteroatoms. The van der Waals surface area contributed by atoms with Gasteiger partial charge in [-0.2, -0.15) is 0 Å². The first kappa shape index (κ1) is 11.2. The molecule has 1 aromatic rings. The summed E-state index contributed by atoms with van der Waals surface area (Å²) in [6.45, 7) is 1.58. The van der Waals surface area contributed by atoms with E-state index in [0.717, 1.165) is 6.07 Å². The fourth-order valence-electron chi connectivity index (χ4n) is 1.99. The highest BCUT2D eigenvalue weighted by atomic mass is 35.5. The van der Waals surface area contributed by atoms with Crippen molar-refractivity contribution in [3.05, 3.63) is 28.0 Å². The van der Waals surface area contributed by atoms with Crippen molar-refractivity contribution in [2.75, 3.05) is 0 Å². The fourth-order valence-corrected chi connectivity index (χ4v) is 2.18. The number of aromatic hydroxyl groups is 1. The summed E-state index contributed by atoms with van der Waals surface area (Å²) in [7, 11) is 0. The Morgan fingerprint density at radius 2 is 2.12 bits per heavy atom. The number of phenols is 1. The van der Waals surface area contributed by atoms with Crippen LogP contribution in [0.25, 0.3) is 0 Å². The maximum absolute atomic E-state index is 13.3. The number of rotatable bonds is 2. The molecule has 0 radical (unpaired) electrons. The minimum atomic E-state index is -1.15. The highest BCUT2D eigenvalue weighted by Crippen LogP contribution is 2.54. The summed E-state index contributed by atoms with van der Waals surface area (Å²) >= 11 is 5.79. The smallest absolute Gasteiger partial charge is 0.314 e. The molecular formula is C11H10ClFO3. The van der Waals surface area contributed by atoms with Crippen molar-refractivity contribution >= 4 is 17.6 Å². The molecule has 0 aliphatic heterocycles. The summed E-state index contributed by atoms with van der Waals surface area (Å²) in [5.41, 5.74) is -0.606. The van der Waals surface area contributed by atoms with Gasteiger partial charge in [-0.1, -0.05) is 11.6 Å². The standard InChI is InChI=1S/C11H10ClFO3/c1-5-6(12)4-7(13)9(14)8(5)11(2-3-11)10(15)16/h4,14H,2-3H2,1H3,(H,15,16). The van der Waals surface area contributed by atoms with E-state index in [4.69, 9.17) is 16.7 Å². The van der Waals surface area contributed by atoms with Gasteiger partial charge in [0, 0.05) is 10.6 Å². The topological polar surface area (TPSA) is 57.5 Å². The summed E-state index contributed by atoms with van der Waals surface area (Å²) in [6.07, 6.45) is 0.799. The van der Waals surface area contributed by atoms with E-state index in [2.05, 4.69) is 0 Å². The average molecular weight is 245 g/mol. The first-order valence-electron chi connectivity index (χ1n) is 4.81. The van der Waals surface area contributed by atoms with Gasteiger partial charge in [0.2, 0.25) is 0 Å². The van der Waals surface area contributed by atoms with Crippen molar-refractivity contribution in [3.63, 3.8) is 0 Å². The molecule has 1 aliphatic rings. The van der Waals surface area contributed by atoms with Crippen LogP contribution in [0.4, 0.5) is 4.39 Å². The van der Waals surface area contributed by atoms with Gasteiger partial charge in [-0.05, 0) is 31.4 Å². The maximum Gasteiger partial charge on any atom is 0.314 e. The Labute approximate surface area is 96.5 Å². The molecule has 1 aliphatic carbocycles. The van der Waals surface area contributed by atoms with Crippen molar-refractivity contribution in [2.24, 2.45) is 0 Å². The minimum Gasteiger partial charge on any atom is -0.505 e. The summed E-state index contributed by atoms with van der Waals surface area (Å²) in [4.78, 5) is 11.1. The van der Waals surface area contributed by atoms with E-state index in [0.29, 0.717) is 18.4 Å². The first-order valence-corrected chi connectivity index (χ1v) is 5.19. The summed E-state index contributed by atoms with van der Waals surface area (Å²) in [5.74, 6) is -2.52. The van der Waals surface area contributed by atoms with Crippen LogP contribution < -0.4 is 0 Å². The number of carboxylic acid groups (broad SMARTS) is 1. The minimum absolute atomic E-state index is 0.116. The third kappa shape index (κ3) is 1.37. The molecule has 2 rings (SSSR count). The number of hydrogen-bond donors (Lipinski definition) is 2. The molecule has 1 saturated carbocycles. The van der Waals surface area contributed by atoms with Crippen molar-refractivity contribution in [1.82, 2.24) is 0 Å². The van der Waals surface area contributed by atoms with Crippen LogP contribution in [-0.4, -0.2) is 16.2 Å². The van der Waals surface area contributed by atoms with Crippen LogP contribution in [0, 0.1) is 12.7 Å². The Hall–Kier alpha value is -1.29. The third-order valence-corrected chi connectivity index (χ3v) is 3.48. The lowest BCUT2D eigenvalue weighted by Crippen LogP contribution is -2.21. The van der Waals surface area contributed by atoms with Crippen LogP contribution in [0.1, 0.15) is 24.0 Å². The number of aliphatic carboxylic acids is 1. The van der Waals surface area contributed by atoms with Gasteiger partial charge >= 0.3 is 5.97 Å². The number of phenolic OH excluding ortho intramolecular Hbond substituents is 1. The zero-order valence-electron chi connectivity index (χ0n) is 8.55. The Morgan fingerprint density at radius 1 is 1.56 bits per heavy atom. The van der Waals surface area contributed by atoms with E-state index in [1.54, 1.807) is 6.92 Å². The average Bonchev–Trinajstić information content (AvgIpc) is 2.97. The Kier molecular flexibility index (Phi) is 2.35. The zero-order chi connectivity index (χ0) is 12.1. The van der Waals surface area contributed by atoms with Crippen molar-refractivity contribution < 1.29 is 19.4 Å². The van der Waals surface area contributed by atoms with Crippen LogP contribution in [-0.2, 0) is 10.2 Å². The Morgan fingerprint density at radius 3 is 2.56 bits per heavy atom. The van der Waals surface area contributed by atoms with E-state index < -0.39 is 23.0 Å². The predicted molar refractivity (Wildman–Crippen MR) is 56.4 cm³/mol. The van der Waals surface area contributed by atoms with Gasteiger partial charge in [-0.15, -0.1) is 0 Å². The predicted octanol–water partition coefficient (Wildman–Crippen LogP) is 2.61. The lowest BCUT2D eigenvalue weighted by molar-refractivity contribution is -0.140. The lowest BCUT2D eigenvalue weighted by atomic mass is 9.91. The second-order valence-electron chi connectivity index (χ2n) is 4.08. The highest BCUT2D eigenvalue weighted by Gasteiger charge is 2.54. The van der Waals surface area contributed by atoms with Gasteiger partial charge in [0.25, 0.3) is 0 Å². The van der Waals surface area contributed by atoms with Gasteiger partial charge in [0.15, 0.2) is 11.6 Å². The van der Waals surface area contributed by atoms with Gasteiger partial charge in [0.1, 0.15) is 0 Å². The molecule has 2 N–H and O–H groups in total. The van der Waals surface area contributed by atoms with Crippen LogP contribution >= 0.6 is 11.6 Å². The van der Waals surface area contributed by atoms with E-state index in [1.165, 1.54) is 0 Å². The largest absolute Gasteiger partial charge is 0.505 e. The number of carboxylic acids is 1. The molecule has 0 unspecified atom stereocenters. The SMILES string of the molecule is Cc1c(Cl)cc(F)c(O)c1C1(C(=O)O)CC1. The molecule has 0 amide bonds. The molecule has 1 aromatic carbocycles.